The minimum Gasteiger partial charge on any atom is -0.496 e. The lowest BCUT2D eigenvalue weighted by atomic mass is 10.0. The Hall–Kier alpha value is -3.87. The summed E-state index contributed by atoms with van der Waals surface area (Å²) in [7, 11) is 3.74. The van der Waals surface area contributed by atoms with E-state index in [0.29, 0.717) is 5.52 Å². The minimum absolute atomic E-state index is 0.0326. The van der Waals surface area contributed by atoms with Crippen molar-refractivity contribution in [1.29, 1.82) is 0 Å². The van der Waals surface area contributed by atoms with E-state index in [9.17, 15) is 27.9 Å². The lowest BCUT2D eigenvalue weighted by Gasteiger charge is -2.22. The first-order valence-corrected chi connectivity index (χ1v) is 10.5. The monoisotopic (exact) mass is 493 g/mol. The highest BCUT2D eigenvalue weighted by Gasteiger charge is 2.43. The Morgan fingerprint density at radius 3 is 2.54 bits per heavy atom. The van der Waals surface area contributed by atoms with E-state index in [4.69, 9.17) is 9.47 Å². The molecule has 3 aromatic rings. The number of carbonyl (C=O) groups is 2. The topological polar surface area (TPSA) is 128 Å². The maximum absolute atomic E-state index is 13.6. The van der Waals surface area contributed by atoms with Gasteiger partial charge in [0, 0.05) is 37.9 Å². The van der Waals surface area contributed by atoms with E-state index in [1.165, 1.54) is 30.0 Å². The molecule has 186 valence electrons. The Morgan fingerprint density at radius 2 is 1.97 bits per heavy atom. The van der Waals surface area contributed by atoms with Crippen LogP contribution < -0.4 is 15.4 Å². The van der Waals surface area contributed by atoms with Crippen molar-refractivity contribution >= 4 is 40.1 Å². The summed E-state index contributed by atoms with van der Waals surface area (Å²) < 4.78 is 52.3. The van der Waals surface area contributed by atoms with E-state index < -0.39 is 18.2 Å². The minimum atomic E-state index is -4.71. The average molecular weight is 493 g/mol. The van der Waals surface area contributed by atoms with Crippen LogP contribution in [0.15, 0.2) is 24.4 Å². The molecule has 0 spiro atoms. The molecule has 0 aliphatic heterocycles. The van der Waals surface area contributed by atoms with Crippen LogP contribution in [0.1, 0.15) is 34.9 Å². The highest BCUT2D eigenvalue weighted by atomic mass is 19.4. The zero-order valence-corrected chi connectivity index (χ0v) is 18.9. The zero-order chi connectivity index (χ0) is 25.5. The number of aromatic nitrogens is 3. The van der Waals surface area contributed by atoms with Gasteiger partial charge in [-0.05, 0) is 18.9 Å². The number of methoxy groups -OCH3 is 2. The number of hydrogen-bond acceptors (Lipinski definition) is 7. The molecule has 0 bridgehead atoms. The predicted molar refractivity (Wildman–Crippen MR) is 119 cm³/mol. The molecule has 2 aromatic heterocycles. The highest BCUT2D eigenvalue weighted by Crippen LogP contribution is 2.44. The molecule has 2 heterocycles. The quantitative estimate of drug-likeness (QED) is 0.430. The Labute approximate surface area is 197 Å². The number of anilines is 3. The van der Waals surface area contributed by atoms with Crippen molar-refractivity contribution in [2.45, 2.75) is 25.1 Å². The molecule has 3 N–H and O–H groups in total. The van der Waals surface area contributed by atoms with Crippen LogP contribution in [0, 0.1) is 5.92 Å². The molecule has 35 heavy (non-hydrogen) atoms. The van der Waals surface area contributed by atoms with Crippen molar-refractivity contribution in [2.24, 2.45) is 13.0 Å². The molecule has 1 fully saturated rings. The number of ether oxygens (including phenoxy) is 2. The first-order chi connectivity index (χ1) is 16.5. The molecule has 1 aromatic carbocycles. The van der Waals surface area contributed by atoms with Gasteiger partial charge in [0.15, 0.2) is 11.9 Å². The molecule has 1 aliphatic rings. The van der Waals surface area contributed by atoms with Crippen molar-refractivity contribution in [3.8, 4) is 5.75 Å². The van der Waals surface area contributed by atoms with Crippen molar-refractivity contribution < 1.29 is 37.3 Å². The molecule has 1 saturated carbocycles. The number of carboxylic acids is 1. The van der Waals surface area contributed by atoms with Gasteiger partial charge in [0.2, 0.25) is 5.91 Å². The molecule has 0 radical (unpaired) electrons. The average Bonchev–Trinajstić information content (AvgIpc) is 3.59. The summed E-state index contributed by atoms with van der Waals surface area (Å²) in [5, 5.41) is 19.6. The van der Waals surface area contributed by atoms with Gasteiger partial charge in [-0.2, -0.15) is 18.3 Å². The Kier molecular flexibility index (Phi) is 6.28. The maximum Gasteiger partial charge on any atom is 0.418 e. The van der Waals surface area contributed by atoms with E-state index in [1.54, 1.807) is 7.05 Å². The molecule has 10 nitrogen and oxygen atoms in total. The standard InChI is InChI=1S/C22H22F3N5O5/c1-30-14-7-6-11(18(35-3)22(23,24)25)17(34-2)16(14)19(29-30)27-13-8-15(26-9-12(13)21(32)33)28-20(31)10-4-5-10/h6-10,18H,4-5H2,1-3H3,(H,32,33)(H2,26,27,28,29,31)/t18-/m0/s1. The summed E-state index contributed by atoms with van der Waals surface area (Å²) in [4.78, 5) is 27.9. The van der Waals surface area contributed by atoms with Crippen molar-refractivity contribution in [3.63, 3.8) is 0 Å². The van der Waals surface area contributed by atoms with Crippen LogP contribution in [0.5, 0.6) is 5.75 Å². The van der Waals surface area contributed by atoms with Gasteiger partial charge in [-0.3, -0.25) is 9.48 Å². The smallest absolute Gasteiger partial charge is 0.418 e. The number of aryl methyl sites for hydroxylation is 1. The SMILES string of the molecule is COc1c([C@H](OC)C(F)(F)F)ccc2c1c(Nc1cc(NC(=O)C3CC3)ncc1C(=O)O)nn2C. The Morgan fingerprint density at radius 1 is 1.26 bits per heavy atom. The lowest BCUT2D eigenvalue weighted by molar-refractivity contribution is -0.216. The van der Waals surface area contributed by atoms with Crippen LogP contribution in [0.25, 0.3) is 10.9 Å². The number of fused-ring (bicyclic) bond motifs is 1. The summed E-state index contributed by atoms with van der Waals surface area (Å²) in [6.45, 7) is 0. The van der Waals surface area contributed by atoms with Gasteiger partial charge in [-0.25, -0.2) is 9.78 Å². The highest BCUT2D eigenvalue weighted by molar-refractivity contribution is 6.02. The number of aromatic carboxylic acids is 1. The molecular weight excluding hydrogens is 471 g/mol. The number of nitrogens with zero attached hydrogens (tertiary/aromatic N) is 3. The Balaban J connectivity index is 1.82. The van der Waals surface area contributed by atoms with Gasteiger partial charge in [0.1, 0.15) is 17.1 Å². The third-order valence-electron chi connectivity index (χ3n) is 5.61. The number of carbonyl (C=O) groups excluding carboxylic acids is 1. The second kappa shape index (κ2) is 9.06. The molecular formula is C22H22F3N5O5. The molecule has 1 atom stereocenters. The van der Waals surface area contributed by atoms with Gasteiger partial charge in [0.05, 0.1) is 23.7 Å². The molecule has 13 heteroatoms. The largest absolute Gasteiger partial charge is 0.496 e. The molecule has 1 amide bonds. The fourth-order valence-electron chi connectivity index (χ4n) is 3.79. The maximum atomic E-state index is 13.6. The van der Waals surface area contributed by atoms with E-state index in [2.05, 4.69) is 20.7 Å². The van der Waals surface area contributed by atoms with Crippen LogP contribution in [-0.4, -0.2) is 52.1 Å². The molecule has 0 unspecified atom stereocenters. The summed E-state index contributed by atoms with van der Waals surface area (Å²) >= 11 is 0. The third-order valence-corrected chi connectivity index (χ3v) is 5.61. The van der Waals surface area contributed by atoms with Gasteiger partial charge < -0.3 is 25.2 Å². The van der Waals surface area contributed by atoms with E-state index in [1.807, 2.05) is 0 Å². The third kappa shape index (κ3) is 4.71. The Bertz CT molecular complexity index is 1300. The van der Waals surface area contributed by atoms with Gasteiger partial charge in [-0.15, -0.1) is 0 Å². The summed E-state index contributed by atoms with van der Waals surface area (Å²) in [5.74, 6) is -1.58. The first-order valence-electron chi connectivity index (χ1n) is 10.5. The zero-order valence-electron chi connectivity index (χ0n) is 18.9. The number of alkyl halides is 3. The lowest BCUT2D eigenvalue weighted by Crippen LogP contribution is -2.23. The van der Waals surface area contributed by atoms with Crippen LogP contribution >= 0.6 is 0 Å². The van der Waals surface area contributed by atoms with Crippen molar-refractivity contribution in [1.82, 2.24) is 14.8 Å². The number of hydrogen-bond donors (Lipinski definition) is 3. The second-order valence-corrected chi connectivity index (χ2v) is 8.02. The number of pyridine rings is 1. The first kappa shape index (κ1) is 24.3. The summed E-state index contributed by atoms with van der Waals surface area (Å²) in [6, 6.07) is 4.01. The second-order valence-electron chi connectivity index (χ2n) is 8.02. The fraction of sp³-hybridized carbons (Fsp3) is 0.364. The van der Waals surface area contributed by atoms with Crippen LogP contribution in [-0.2, 0) is 16.6 Å². The van der Waals surface area contributed by atoms with Crippen molar-refractivity contribution in [3.05, 3.63) is 35.5 Å². The van der Waals surface area contributed by atoms with E-state index >= 15 is 0 Å². The number of rotatable bonds is 8. The number of nitrogens with one attached hydrogen (secondary N) is 2. The van der Waals surface area contributed by atoms with Crippen LogP contribution in [0.3, 0.4) is 0 Å². The van der Waals surface area contributed by atoms with Gasteiger partial charge >= 0.3 is 12.1 Å². The van der Waals surface area contributed by atoms with Crippen molar-refractivity contribution in [2.75, 3.05) is 24.9 Å². The van der Waals surface area contributed by atoms with Gasteiger partial charge in [-0.1, -0.05) is 6.07 Å². The molecule has 4 rings (SSSR count). The summed E-state index contributed by atoms with van der Waals surface area (Å²) in [6.07, 6.45) is -4.35. The van der Waals surface area contributed by atoms with Crippen LogP contribution in [0.2, 0.25) is 0 Å². The fourth-order valence-corrected chi connectivity index (χ4v) is 3.79. The van der Waals surface area contributed by atoms with E-state index in [-0.39, 0.29) is 51.4 Å². The molecule has 0 saturated heterocycles. The molecule has 1 aliphatic carbocycles. The van der Waals surface area contributed by atoms with Gasteiger partial charge in [0.25, 0.3) is 0 Å². The number of amides is 1. The number of carboxylic acid groups (broad SMARTS) is 1. The summed E-state index contributed by atoms with van der Waals surface area (Å²) in [5.41, 5.74) is -0.0338. The predicted octanol–water partition coefficient (Wildman–Crippen LogP) is 4.02. The number of benzene rings is 1. The van der Waals surface area contributed by atoms with E-state index in [0.717, 1.165) is 26.1 Å². The normalized spacial score (nSPS) is 14.6. The number of halogens is 3. The van der Waals surface area contributed by atoms with Crippen LogP contribution in [0.4, 0.5) is 30.5 Å².